The van der Waals surface area contributed by atoms with E-state index in [9.17, 15) is 9.59 Å². The number of hydrogen-bond acceptors (Lipinski definition) is 3. The summed E-state index contributed by atoms with van der Waals surface area (Å²) in [5.41, 5.74) is 1.97. The normalized spacial score (nSPS) is 28.7. The fourth-order valence-corrected chi connectivity index (χ4v) is 3.37. The van der Waals surface area contributed by atoms with Crippen LogP contribution in [-0.2, 0) is 0 Å². The van der Waals surface area contributed by atoms with Crippen molar-refractivity contribution >= 4 is 17.5 Å². The van der Waals surface area contributed by atoms with Gasteiger partial charge >= 0.3 is 0 Å². The van der Waals surface area contributed by atoms with Gasteiger partial charge in [0, 0.05) is 18.8 Å². The Morgan fingerprint density at radius 1 is 1.05 bits per heavy atom. The number of rotatable bonds is 2. The van der Waals surface area contributed by atoms with Gasteiger partial charge in [-0.3, -0.25) is 14.5 Å². The first-order chi connectivity index (χ1) is 9.97. The van der Waals surface area contributed by atoms with Gasteiger partial charge in [-0.15, -0.1) is 0 Å². The molecule has 3 atom stereocenters. The zero-order valence-electron chi connectivity index (χ0n) is 12.8. The van der Waals surface area contributed by atoms with Crippen LogP contribution < -0.4 is 5.32 Å². The first-order valence-electron chi connectivity index (χ1n) is 7.70. The Hall–Kier alpha value is -1.84. The molecule has 1 saturated carbocycles. The molecule has 3 rings (SSSR count). The average molecular weight is 286 g/mol. The molecule has 1 aromatic carbocycles. The molecule has 1 aliphatic heterocycles. The Labute approximate surface area is 125 Å². The van der Waals surface area contributed by atoms with Crippen LogP contribution in [0.15, 0.2) is 18.2 Å². The molecule has 1 aromatic rings. The van der Waals surface area contributed by atoms with Crippen molar-refractivity contribution in [3.05, 3.63) is 29.3 Å². The van der Waals surface area contributed by atoms with E-state index in [-0.39, 0.29) is 11.8 Å². The molecule has 1 N–H and O–H groups in total. The molecule has 0 spiro atoms. The maximum atomic E-state index is 12.0. The fourth-order valence-electron chi connectivity index (χ4n) is 3.37. The summed E-state index contributed by atoms with van der Waals surface area (Å²) in [6.07, 6.45) is 3.56. The monoisotopic (exact) mass is 286 g/mol. The lowest BCUT2D eigenvalue weighted by Gasteiger charge is -2.33. The zero-order valence-corrected chi connectivity index (χ0v) is 12.8. The summed E-state index contributed by atoms with van der Waals surface area (Å²) < 4.78 is 0. The predicted octanol–water partition coefficient (Wildman–Crippen LogP) is 3.15. The van der Waals surface area contributed by atoms with Crippen molar-refractivity contribution in [1.82, 2.24) is 4.90 Å². The quantitative estimate of drug-likeness (QED) is 0.850. The van der Waals surface area contributed by atoms with E-state index < -0.39 is 0 Å². The van der Waals surface area contributed by atoms with Crippen LogP contribution in [0, 0.1) is 11.8 Å². The number of fused-ring (bicyclic) bond motifs is 1. The third-order valence-corrected chi connectivity index (χ3v) is 5.06. The molecule has 0 radical (unpaired) electrons. The molecule has 0 bridgehead atoms. The van der Waals surface area contributed by atoms with Crippen LogP contribution in [0.25, 0.3) is 0 Å². The van der Waals surface area contributed by atoms with E-state index in [0.29, 0.717) is 17.2 Å². The Morgan fingerprint density at radius 2 is 1.76 bits per heavy atom. The summed E-state index contributed by atoms with van der Waals surface area (Å²) >= 11 is 0. The maximum absolute atomic E-state index is 12.0. The molecule has 4 heteroatoms. The molecule has 0 saturated heterocycles. The zero-order chi connectivity index (χ0) is 15.1. The van der Waals surface area contributed by atoms with Crippen molar-refractivity contribution in [2.24, 2.45) is 11.8 Å². The standard InChI is InChI=1S/C17H22N2O2/c1-10-4-5-12(8-11(10)2)18-13-6-7-14-15(9-13)17(21)19(3)16(14)20/h6-7,9-12,18H,4-5,8H2,1-3H3. The number of hydrogen-bond donors (Lipinski definition) is 1. The lowest BCUT2D eigenvalue weighted by atomic mass is 9.79. The van der Waals surface area contributed by atoms with E-state index in [4.69, 9.17) is 0 Å². The molecule has 2 aliphatic rings. The van der Waals surface area contributed by atoms with Crippen LogP contribution in [0.3, 0.4) is 0 Å². The molecule has 21 heavy (non-hydrogen) atoms. The van der Waals surface area contributed by atoms with Crippen molar-refractivity contribution in [2.75, 3.05) is 12.4 Å². The Bertz CT molecular complexity index is 596. The first kappa shape index (κ1) is 14.1. The minimum Gasteiger partial charge on any atom is -0.382 e. The molecule has 3 unspecified atom stereocenters. The minimum atomic E-state index is -0.207. The van der Waals surface area contributed by atoms with Gasteiger partial charge in [0.25, 0.3) is 11.8 Å². The van der Waals surface area contributed by atoms with Crippen LogP contribution in [0.2, 0.25) is 0 Å². The number of anilines is 1. The number of imide groups is 1. The lowest BCUT2D eigenvalue weighted by Crippen LogP contribution is -2.30. The number of amides is 2. The van der Waals surface area contributed by atoms with Gasteiger partial charge in [-0.25, -0.2) is 0 Å². The maximum Gasteiger partial charge on any atom is 0.261 e. The van der Waals surface area contributed by atoms with Crippen LogP contribution >= 0.6 is 0 Å². The summed E-state index contributed by atoms with van der Waals surface area (Å²) in [5.74, 6) is 1.10. The third-order valence-electron chi connectivity index (χ3n) is 5.06. The van der Waals surface area contributed by atoms with Gasteiger partial charge in [-0.05, 0) is 49.3 Å². The summed E-state index contributed by atoms with van der Waals surface area (Å²) in [6.45, 7) is 4.62. The molecular weight excluding hydrogens is 264 g/mol. The number of nitrogens with one attached hydrogen (secondary N) is 1. The summed E-state index contributed by atoms with van der Waals surface area (Å²) in [7, 11) is 1.53. The first-order valence-corrected chi connectivity index (χ1v) is 7.70. The van der Waals surface area contributed by atoms with Crippen LogP contribution in [0.5, 0.6) is 0 Å². The van der Waals surface area contributed by atoms with Crippen molar-refractivity contribution < 1.29 is 9.59 Å². The van der Waals surface area contributed by atoms with E-state index in [2.05, 4.69) is 19.2 Å². The number of benzene rings is 1. The average Bonchev–Trinajstić information content (AvgIpc) is 2.68. The summed E-state index contributed by atoms with van der Waals surface area (Å²) in [6, 6.07) is 5.95. The fraction of sp³-hybridized carbons (Fsp3) is 0.529. The van der Waals surface area contributed by atoms with Crippen molar-refractivity contribution in [1.29, 1.82) is 0 Å². The van der Waals surface area contributed by atoms with Crippen LogP contribution in [0.1, 0.15) is 53.8 Å². The van der Waals surface area contributed by atoms with Gasteiger partial charge in [0.15, 0.2) is 0 Å². The highest BCUT2D eigenvalue weighted by atomic mass is 16.2. The molecule has 4 nitrogen and oxygen atoms in total. The largest absolute Gasteiger partial charge is 0.382 e. The van der Waals surface area contributed by atoms with E-state index in [0.717, 1.165) is 30.4 Å². The second-order valence-corrected chi connectivity index (χ2v) is 6.54. The summed E-state index contributed by atoms with van der Waals surface area (Å²) in [4.78, 5) is 25.1. The van der Waals surface area contributed by atoms with Gasteiger partial charge in [0.2, 0.25) is 0 Å². The van der Waals surface area contributed by atoms with Gasteiger partial charge in [-0.1, -0.05) is 13.8 Å². The van der Waals surface area contributed by atoms with E-state index in [1.807, 2.05) is 12.1 Å². The lowest BCUT2D eigenvalue weighted by molar-refractivity contribution is 0.0693. The molecule has 2 amide bonds. The van der Waals surface area contributed by atoms with Gasteiger partial charge in [0.05, 0.1) is 11.1 Å². The number of carbonyl (C=O) groups is 2. The number of nitrogens with zero attached hydrogens (tertiary/aromatic N) is 1. The van der Waals surface area contributed by atoms with Gasteiger partial charge in [-0.2, -0.15) is 0 Å². The van der Waals surface area contributed by atoms with Crippen molar-refractivity contribution in [3.8, 4) is 0 Å². The third kappa shape index (κ3) is 2.43. The highest BCUT2D eigenvalue weighted by molar-refractivity contribution is 6.21. The van der Waals surface area contributed by atoms with Crippen molar-refractivity contribution in [2.45, 2.75) is 39.2 Å². The SMILES string of the molecule is CC1CCC(Nc2ccc3c(c2)C(=O)N(C)C3=O)CC1C. The van der Waals surface area contributed by atoms with E-state index >= 15 is 0 Å². The van der Waals surface area contributed by atoms with Crippen LogP contribution in [0.4, 0.5) is 5.69 Å². The molecular formula is C17H22N2O2. The highest BCUT2D eigenvalue weighted by Gasteiger charge is 2.33. The Morgan fingerprint density at radius 3 is 2.48 bits per heavy atom. The predicted molar refractivity (Wildman–Crippen MR) is 82.5 cm³/mol. The molecule has 1 heterocycles. The van der Waals surface area contributed by atoms with Gasteiger partial charge < -0.3 is 5.32 Å². The number of carbonyl (C=O) groups excluding carboxylic acids is 2. The molecule has 112 valence electrons. The van der Waals surface area contributed by atoms with E-state index in [1.54, 1.807) is 6.07 Å². The second kappa shape index (κ2) is 5.17. The molecule has 0 aromatic heterocycles. The van der Waals surface area contributed by atoms with Crippen molar-refractivity contribution in [3.63, 3.8) is 0 Å². The molecule has 1 aliphatic carbocycles. The topological polar surface area (TPSA) is 49.4 Å². The summed E-state index contributed by atoms with van der Waals surface area (Å²) in [5, 5.41) is 3.53. The highest BCUT2D eigenvalue weighted by Crippen LogP contribution is 2.32. The van der Waals surface area contributed by atoms with Gasteiger partial charge in [0.1, 0.15) is 0 Å². The Kier molecular flexibility index (Phi) is 3.47. The second-order valence-electron chi connectivity index (χ2n) is 6.54. The smallest absolute Gasteiger partial charge is 0.261 e. The van der Waals surface area contributed by atoms with Crippen LogP contribution in [-0.4, -0.2) is 29.8 Å². The minimum absolute atomic E-state index is 0.204. The molecule has 1 fully saturated rings. The van der Waals surface area contributed by atoms with E-state index in [1.165, 1.54) is 18.4 Å². The Balaban J connectivity index is 1.77.